The summed E-state index contributed by atoms with van der Waals surface area (Å²) in [5.74, 6) is -1.90. The minimum Gasteiger partial charge on any atom is -0.468 e. The number of thioether (sulfide) groups is 1. The number of hydrogen-bond acceptors (Lipinski definition) is 11. The van der Waals surface area contributed by atoms with Crippen molar-refractivity contribution in [3.63, 3.8) is 0 Å². The molecule has 49 heavy (non-hydrogen) atoms. The van der Waals surface area contributed by atoms with E-state index in [1.54, 1.807) is 71.0 Å². The molecule has 0 spiro atoms. The van der Waals surface area contributed by atoms with Crippen LogP contribution in [0.2, 0.25) is 0 Å². The van der Waals surface area contributed by atoms with Gasteiger partial charge in [-0.2, -0.15) is 4.31 Å². The first-order chi connectivity index (χ1) is 23.0. The van der Waals surface area contributed by atoms with Crippen LogP contribution in [-0.2, 0) is 46.8 Å². The molecule has 0 saturated carbocycles. The van der Waals surface area contributed by atoms with Gasteiger partial charge in [0, 0.05) is 29.8 Å². The minimum atomic E-state index is -4.09. The SMILES string of the molecule is COC(=O)Cn1c(=O)n(-c2ccc(C[C@H](NC(=O)[C@H]3N(S(=O)(=O)c4cccnc4)CSC3(C)C)C(=O)OC(C)(C)C)cc2)c2ncccc21. The van der Waals surface area contributed by atoms with Crippen molar-refractivity contribution in [2.75, 3.05) is 13.0 Å². The molecule has 0 radical (unpaired) electrons. The topological polar surface area (TPSA) is 172 Å². The minimum absolute atomic E-state index is 0.00777. The number of esters is 2. The fourth-order valence-electron chi connectivity index (χ4n) is 5.52. The van der Waals surface area contributed by atoms with Gasteiger partial charge in [0.1, 0.15) is 29.1 Å². The Morgan fingerprint density at radius 2 is 1.78 bits per heavy atom. The number of rotatable bonds is 10. The normalized spacial score (nSPS) is 17.1. The molecule has 1 saturated heterocycles. The first kappa shape index (κ1) is 35.8. The molecule has 4 aromatic rings. The number of sulfonamides is 1. The van der Waals surface area contributed by atoms with Crippen molar-refractivity contribution in [3.05, 3.63) is 83.2 Å². The largest absolute Gasteiger partial charge is 0.468 e. The number of fused-ring (bicyclic) bond motifs is 1. The van der Waals surface area contributed by atoms with Crippen molar-refractivity contribution in [1.29, 1.82) is 0 Å². The van der Waals surface area contributed by atoms with Crippen molar-refractivity contribution in [2.45, 2.75) is 74.9 Å². The second-order valence-corrected chi connectivity index (χ2v) is 16.4. The Bertz CT molecular complexity index is 2040. The van der Waals surface area contributed by atoms with Crippen LogP contribution in [0.3, 0.4) is 0 Å². The predicted molar refractivity (Wildman–Crippen MR) is 182 cm³/mol. The Morgan fingerprint density at radius 3 is 2.41 bits per heavy atom. The summed E-state index contributed by atoms with van der Waals surface area (Å²) in [7, 11) is -2.85. The lowest BCUT2D eigenvalue weighted by molar-refractivity contribution is -0.158. The van der Waals surface area contributed by atoms with Crippen molar-refractivity contribution in [2.24, 2.45) is 0 Å². The summed E-state index contributed by atoms with van der Waals surface area (Å²) in [4.78, 5) is 61.2. The van der Waals surface area contributed by atoms with E-state index in [-0.39, 0.29) is 23.7 Å². The van der Waals surface area contributed by atoms with Crippen LogP contribution in [0.1, 0.15) is 40.2 Å². The van der Waals surface area contributed by atoms with Gasteiger partial charge in [0.05, 0.1) is 24.2 Å². The number of benzene rings is 1. The molecule has 1 fully saturated rings. The third-order valence-corrected chi connectivity index (χ3v) is 11.2. The van der Waals surface area contributed by atoms with Crippen LogP contribution in [0.5, 0.6) is 0 Å². The highest BCUT2D eigenvalue weighted by molar-refractivity contribution is 8.02. The predicted octanol–water partition coefficient (Wildman–Crippen LogP) is 2.67. The van der Waals surface area contributed by atoms with Gasteiger partial charge in [0.2, 0.25) is 15.9 Å². The maximum atomic E-state index is 14.0. The van der Waals surface area contributed by atoms with Gasteiger partial charge in [-0.3, -0.25) is 19.1 Å². The molecular formula is C33H38N6O8S2. The molecular weight excluding hydrogens is 673 g/mol. The summed E-state index contributed by atoms with van der Waals surface area (Å²) >= 11 is 1.31. The number of hydrogen-bond donors (Lipinski definition) is 1. The fourth-order valence-corrected chi connectivity index (χ4v) is 8.65. The number of methoxy groups -OCH3 is 1. The first-order valence-electron chi connectivity index (χ1n) is 15.3. The highest BCUT2D eigenvalue weighted by atomic mass is 32.2. The van der Waals surface area contributed by atoms with Crippen LogP contribution in [0, 0.1) is 0 Å². The zero-order valence-corrected chi connectivity index (χ0v) is 29.6. The van der Waals surface area contributed by atoms with Gasteiger partial charge >= 0.3 is 17.6 Å². The molecule has 1 aromatic carbocycles. The number of aromatic nitrogens is 4. The van der Waals surface area contributed by atoms with Gasteiger partial charge in [-0.1, -0.05) is 12.1 Å². The molecule has 4 heterocycles. The molecule has 1 amide bonds. The van der Waals surface area contributed by atoms with E-state index in [0.29, 0.717) is 22.4 Å². The van der Waals surface area contributed by atoms with E-state index in [0.717, 1.165) is 4.31 Å². The van der Waals surface area contributed by atoms with E-state index in [9.17, 15) is 27.6 Å². The molecule has 260 valence electrons. The second kappa shape index (κ2) is 13.8. The lowest BCUT2D eigenvalue weighted by atomic mass is 10.0. The number of amides is 1. The molecule has 16 heteroatoms. The summed E-state index contributed by atoms with van der Waals surface area (Å²) in [6.45, 7) is 8.39. The number of carbonyl (C=O) groups excluding carboxylic acids is 3. The highest BCUT2D eigenvalue weighted by Gasteiger charge is 2.51. The van der Waals surface area contributed by atoms with Crippen LogP contribution < -0.4 is 11.0 Å². The molecule has 2 atom stereocenters. The molecule has 1 aliphatic heterocycles. The van der Waals surface area contributed by atoms with Gasteiger partial charge in [-0.05, 0) is 76.6 Å². The molecule has 5 rings (SSSR count). The summed E-state index contributed by atoms with van der Waals surface area (Å²) in [6, 6.07) is 10.7. The number of nitrogens with zero attached hydrogens (tertiary/aromatic N) is 5. The van der Waals surface area contributed by atoms with E-state index in [1.165, 1.54) is 58.7 Å². The average Bonchev–Trinajstić information content (AvgIpc) is 3.53. The zero-order chi connectivity index (χ0) is 35.7. The van der Waals surface area contributed by atoms with Crippen LogP contribution in [-0.4, -0.2) is 85.1 Å². The number of nitrogens with one attached hydrogen (secondary N) is 1. The Labute approximate surface area is 287 Å². The standard InChI is InChI=1S/C33H38N6O8S2/c1-32(2,3)47-30(42)24(36-29(41)27-33(4,5)48-20-38(27)49(44,45)23-9-7-15-34-18-23)17-21-11-13-22(14-12-21)39-28-25(10-8-16-35-28)37(31(39)43)19-26(40)46-6/h7-16,18,24,27H,17,19-20H2,1-6H3,(H,36,41)/t24-,27+/m0/s1. The monoisotopic (exact) mass is 710 g/mol. The quantitative estimate of drug-likeness (QED) is 0.240. The van der Waals surface area contributed by atoms with E-state index >= 15 is 0 Å². The number of ether oxygens (including phenoxy) is 2. The molecule has 14 nitrogen and oxygen atoms in total. The van der Waals surface area contributed by atoms with Crippen molar-refractivity contribution in [3.8, 4) is 5.69 Å². The Balaban J connectivity index is 1.44. The average molecular weight is 711 g/mol. The molecule has 0 bridgehead atoms. The van der Waals surface area contributed by atoms with E-state index in [2.05, 4.69) is 15.3 Å². The third kappa shape index (κ3) is 7.55. The number of pyridine rings is 2. The van der Waals surface area contributed by atoms with Crippen LogP contribution in [0.15, 0.2) is 76.8 Å². The van der Waals surface area contributed by atoms with Crippen LogP contribution in [0.25, 0.3) is 16.9 Å². The molecule has 0 unspecified atom stereocenters. The smallest absolute Gasteiger partial charge is 0.335 e. The number of carbonyl (C=O) groups is 3. The lowest BCUT2D eigenvalue weighted by Gasteiger charge is -2.32. The van der Waals surface area contributed by atoms with Crippen LogP contribution in [0.4, 0.5) is 0 Å². The zero-order valence-electron chi connectivity index (χ0n) is 27.9. The number of imidazole rings is 1. The summed E-state index contributed by atoms with van der Waals surface area (Å²) in [6.07, 6.45) is 4.24. The lowest BCUT2D eigenvalue weighted by Crippen LogP contribution is -2.57. The van der Waals surface area contributed by atoms with Crippen LogP contribution >= 0.6 is 11.8 Å². The fraction of sp³-hybridized carbons (Fsp3) is 0.394. The third-order valence-electron chi connectivity index (χ3n) is 7.85. The molecule has 1 aliphatic rings. The highest BCUT2D eigenvalue weighted by Crippen LogP contribution is 2.42. The van der Waals surface area contributed by atoms with Gasteiger partial charge < -0.3 is 14.8 Å². The Hall–Kier alpha value is -4.54. The maximum absolute atomic E-state index is 14.0. The van der Waals surface area contributed by atoms with Crippen molar-refractivity contribution in [1.82, 2.24) is 28.7 Å². The Kier molecular flexibility index (Phi) is 10.0. The first-order valence-corrected chi connectivity index (χ1v) is 17.8. The maximum Gasteiger partial charge on any atom is 0.335 e. The summed E-state index contributed by atoms with van der Waals surface area (Å²) in [5, 5.41) is 2.78. The Morgan fingerprint density at radius 1 is 1.08 bits per heavy atom. The van der Waals surface area contributed by atoms with Gasteiger partial charge in [0.15, 0.2) is 5.65 Å². The van der Waals surface area contributed by atoms with E-state index in [1.807, 2.05) is 0 Å². The van der Waals surface area contributed by atoms with Crippen molar-refractivity contribution >= 4 is 50.8 Å². The summed E-state index contributed by atoms with van der Waals surface area (Å²) < 4.78 is 40.6. The van der Waals surface area contributed by atoms with E-state index < -0.39 is 56.0 Å². The molecule has 3 aromatic heterocycles. The van der Waals surface area contributed by atoms with E-state index in [4.69, 9.17) is 9.47 Å². The van der Waals surface area contributed by atoms with Gasteiger partial charge in [-0.15, -0.1) is 11.8 Å². The molecule has 1 N–H and O–H groups in total. The molecule has 0 aliphatic carbocycles. The van der Waals surface area contributed by atoms with Gasteiger partial charge in [0.25, 0.3) is 0 Å². The van der Waals surface area contributed by atoms with Crippen molar-refractivity contribution < 1.29 is 32.3 Å². The second-order valence-electron chi connectivity index (χ2n) is 13.0. The summed E-state index contributed by atoms with van der Waals surface area (Å²) in [5.41, 5.74) is 0.509. The van der Waals surface area contributed by atoms with Gasteiger partial charge in [-0.25, -0.2) is 27.6 Å².